The molecule has 1 N–H and O–H groups in total. The third-order valence-corrected chi connectivity index (χ3v) is 4.09. The Bertz CT molecular complexity index is 430. The van der Waals surface area contributed by atoms with Gasteiger partial charge in [0.1, 0.15) is 0 Å². The Morgan fingerprint density at radius 1 is 1.00 bits per heavy atom. The average Bonchev–Trinajstić information content (AvgIpc) is 2.37. The summed E-state index contributed by atoms with van der Waals surface area (Å²) >= 11 is 0. The van der Waals surface area contributed by atoms with Crippen LogP contribution in [0.5, 0.6) is 0 Å². The van der Waals surface area contributed by atoms with E-state index in [0.29, 0.717) is 23.3 Å². The molecule has 1 atom stereocenters. The summed E-state index contributed by atoms with van der Waals surface area (Å²) in [5.74, 6) is 1.61. The van der Waals surface area contributed by atoms with Gasteiger partial charge in [-0.2, -0.15) is 13.2 Å². The van der Waals surface area contributed by atoms with Gasteiger partial charge in [0, 0.05) is 6.04 Å². The highest BCUT2D eigenvalue weighted by Gasteiger charge is 2.30. The number of nitrogens with one attached hydrogen (secondary N) is 1. The standard InChI is InChI=1S/C17H26F3N/c1-11(2)16(12(3)4)10-21-13(5)14-7-6-8-15(9-14)17(18,19)20/h6-9,11-13,16,21H,10H2,1-5H3. The fourth-order valence-electron chi connectivity index (χ4n) is 2.66. The molecular formula is C17H26F3N. The first-order valence-corrected chi connectivity index (χ1v) is 7.53. The zero-order valence-corrected chi connectivity index (χ0v) is 13.5. The van der Waals surface area contributed by atoms with Crippen LogP contribution >= 0.6 is 0 Å². The molecule has 0 fully saturated rings. The topological polar surface area (TPSA) is 12.0 Å². The SMILES string of the molecule is CC(NCC(C(C)C)C(C)C)c1cccc(C(F)(F)F)c1. The van der Waals surface area contributed by atoms with Crippen LogP contribution in [-0.4, -0.2) is 6.54 Å². The van der Waals surface area contributed by atoms with Crippen LogP contribution in [0.3, 0.4) is 0 Å². The smallest absolute Gasteiger partial charge is 0.310 e. The molecule has 0 aliphatic rings. The lowest BCUT2D eigenvalue weighted by atomic mass is 9.85. The van der Waals surface area contributed by atoms with E-state index in [0.717, 1.165) is 12.6 Å². The van der Waals surface area contributed by atoms with Crippen molar-refractivity contribution in [3.8, 4) is 0 Å². The van der Waals surface area contributed by atoms with Crippen LogP contribution in [0, 0.1) is 17.8 Å². The molecule has 0 amide bonds. The van der Waals surface area contributed by atoms with Crippen molar-refractivity contribution in [2.24, 2.45) is 17.8 Å². The molecule has 0 spiro atoms. The molecule has 0 bridgehead atoms. The largest absolute Gasteiger partial charge is 0.416 e. The van der Waals surface area contributed by atoms with E-state index in [1.807, 2.05) is 6.92 Å². The molecule has 0 aliphatic heterocycles. The van der Waals surface area contributed by atoms with Crippen molar-refractivity contribution in [3.05, 3.63) is 35.4 Å². The number of halogens is 3. The Kier molecular flexibility index (Phi) is 6.26. The molecule has 0 aliphatic carbocycles. The van der Waals surface area contributed by atoms with Crippen molar-refractivity contribution in [2.75, 3.05) is 6.54 Å². The van der Waals surface area contributed by atoms with Gasteiger partial charge in [0.25, 0.3) is 0 Å². The molecule has 1 nitrogen and oxygen atoms in total. The molecule has 0 saturated heterocycles. The second kappa shape index (κ2) is 7.30. The minimum atomic E-state index is -4.28. The quantitative estimate of drug-likeness (QED) is 0.753. The zero-order valence-electron chi connectivity index (χ0n) is 13.5. The average molecular weight is 301 g/mol. The van der Waals surface area contributed by atoms with Crippen molar-refractivity contribution in [1.29, 1.82) is 0 Å². The minimum Gasteiger partial charge on any atom is -0.310 e. The van der Waals surface area contributed by atoms with Gasteiger partial charge in [-0.3, -0.25) is 0 Å². The maximum atomic E-state index is 12.7. The highest BCUT2D eigenvalue weighted by Crippen LogP contribution is 2.31. The molecule has 21 heavy (non-hydrogen) atoms. The Labute approximate surface area is 125 Å². The van der Waals surface area contributed by atoms with Gasteiger partial charge < -0.3 is 5.32 Å². The number of rotatable bonds is 6. The van der Waals surface area contributed by atoms with E-state index in [1.165, 1.54) is 12.1 Å². The van der Waals surface area contributed by atoms with Gasteiger partial charge in [0.05, 0.1) is 5.56 Å². The van der Waals surface area contributed by atoms with Gasteiger partial charge in [-0.25, -0.2) is 0 Å². The number of benzene rings is 1. The molecule has 0 heterocycles. The van der Waals surface area contributed by atoms with Crippen molar-refractivity contribution < 1.29 is 13.2 Å². The van der Waals surface area contributed by atoms with E-state index >= 15 is 0 Å². The maximum Gasteiger partial charge on any atom is 0.416 e. The van der Waals surface area contributed by atoms with Crippen molar-refractivity contribution in [1.82, 2.24) is 5.32 Å². The summed E-state index contributed by atoms with van der Waals surface area (Å²) < 4.78 is 38.2. The van der Waals surface area contributed by atoms with Gasteiger partial charge in [-0.15, -0.1) is 0 Å². The highest BCUT2D eigenvalue weighted by atomic mass is 19.4. The van der Waals surface area contributed by atoms with Crippen LogP contribution in [0.25, 0.3) is 0 Å². The van der Waals surface area contributed by atoms with Crippen molar-refractivity contribution in [3.63, 3.8) is 0 Å². The summed E-state index contributed by atoms with van der Waals surface area (Å²) in [5, 5.41) is 3.37. The van der Waals surface area contributed by atoms with Crippen molar-refractivity contribution in [2.45, 2.75) is 46.8 Å². The first kappa shape index (κ1) is 18.0. The van der Waals surface area contributed by atoms with E-state index < -0.39 is 11.7 Å². The molecule has 0 aromatic heterocycles. The molecule has 120 valence electrons. The third-order valence-electron chi connectivity index (χ3n) is 4.09. The van der Waals surface area contributed by atoms with Crippen LogP contribution in [-0.2, 0) is 6.18 Å². The summed E-state index contributed by atoms with van der Waals surface area (Å²) in [7, 11) is 0. The molecule has 1 aromatic rings. The lowest BCUT2D eigenvalue weighted by Gasteiger charge is -2.27. The third kappa shape index (κ3) is 5.34. The van der Waals surface area contributed by atoms with Crippen molar-refractivity contribution >= 4 is 0 Å². The lowest BCUT2D eigenvalue weighted by molar-refractivity contribution is -0.137. The normalized spacial score (nSPS) is 14.2. The minimum absolute atomic E-state index is 0.0905. The molecular weight excluding hydrogens is 275 g/mol. The van der Waals surface area contributed by atoms with Crippen LogP contribution in [0.15, 0.2) is 24.3 Å². The van der Waals surface area contributed by atoms with E-state index in [4.69, 9.17) is 0 Å². The van der Waals surface area contributed by atoms with Gasteiger partial charge in [-0.05, 0) is 48.9 Å². The first-order chi connectivity index (χ1) is 9.62. The molecule has 1 rings (SSSR count). The van der Waals surface area contributed by atoms with E-state index in [-0.39, 0.29) is 6.04 Å². The van der Waals surface area contributed by atoms with Crippen LogP contribution in [0.4, 0.5) is 13.2 Å². The van der Waals surface area contributed by atoms with Gasteiger partial charge in [0.15, 0.2) is 0 Å². The molecule has 0 radical (unpaired) electrons. The Hall–Kier alpha value is -1.03. The van der Waals surface area contributed by atoms with E-state index in [2.05, 4.69) is 33.0 Å². The number of alkyl halides is 3. The van der Waals surface area contributed by atoms with Gasteiger partial charge >= 0.3 is 6.18 Å². The molecule has 4 heteroatoms. The fourth-order valence-corrected chi connectivity index (χ4v) is 2.66. The lowest BCUT2D eigenvalue weighted by Crippen LogP contribution is -2.31. The molecule has 1 unspecified atom stereocenters. The highest BCUT2D eigenvalue weighted by molar-refractivity contribution is 5.27. The Morgan fingerprint density at radius 3 is 2.05 bits per heavy atom. The summed E-state index contributed by atoms with van der Waals surface area (Å²) in [5.41, 5.74) is 0.0917. The van der Waals surface area contributed by atoms with Gasteiger partial charge in [0.2, 0.25) is 0 Å². The summed E-state index contributed by atoms with van der Waals surface area (Å²) in [6.45, 7) is 11.4. The summed E-state index contributed by atoms with van der Waals surface area (Å²) in [6.07, 6.45) is -4.28. The predicted octanol–water partition coefficient (Wildman–Crippen LogP) is 5.28. The number of hydrogen-bond donors (Lipinski definition) is 1. The summed E-state index contributed by atoms with van der Waals surface area (Å²) in [6, 6.07) is 5.47. The van der Waals surface area contributed by atoms with E-state index in [9.17, 15) is 13.2 Å². The summed E-state index contributed by atoms with van der Waals surface area (Å²) in [4.78, 5) is 0. The monoisotopic (exact) mass is 301 g/mol. The Morgan fingerprint density at radius 2 is 1.57 bits per heavy atom. The predicted molar refractivity (Wildman–Crippen MR) is 81.0 cm³/mol. The number of hydrogen-bond acceptors (Lipinski definition) is 1. The first-order valence-electron chi connectivity index (χ1n) is 7.53. The second-order valence-electron chi connectivity index (χ2n) is 6.41. The van der Waals surface area contributed by atoms with Crippen LogP contribution in [0.2, 0.25) is 0 Å². The zero-order chi connectivity index (χ0) is 16.2. The maximum absolute atomic E-state index is 12.7. The molecule has 0 saturated carbocycles. The molecule has 1 aromatic carbocycles. The second-order valence-corrected chi connectivity index (χ2v) is 6.41. The van der Waals surface area contributed by atoms with Crippen LogP contribution < -0.4 is 5.32 Å². The van der Waals surface area contributed by atoms with Gasteiger partial charge in [-0.1, -0.05) is 39.8 Å². The van der Waals surface area contributed by atoms with Crippen LogP contribution in [0.1, 0.15) is 51.8 Å². The Balaban J connectivity index is 2.74. The van der Waals surface area contributed by atoms with E-state index in [1.54, 1.807) is 6.07 Å². The fraction of sp³-hybridized carbons (Fsp3) is 0.647.